The van der Waals surface area contributed by atoms with Crippen LogP contribution in [0.4, 0.5) is 8.78 Å². The summed E-state index contributed by atoms with van der Waals surface area (Å²) in [4.78, 5) is 18.7. The average Bonchev–Trinajstić information content (AvgIpc) is 3.03. The molecular weight excluding hydrogens is 388 g/mol. The summed E-state index contributed by atoms with van der Waals surface area (Å²) in [6.45, 7) is 5.80. The Morgan fingerprint density at radius 2 is 2.00 bits per heavy atom. The second-order valence-electron chi connectivity index (χ2n) is 7.89. The molecule has 1 unspecified atom stereocenters. The van der Waals surface area contributed by atoms with E-state index in [9.17, 15) is 4.79 Å². The zero-order chi connectivity index (χ0) is 21.4. The van der Waals surface area contributed by atoms with Gasteiger partial charge in [0.2, 0.25) is 0 Å². The monoisotopic (exact) mass is 413 g/mol. The van der Waals surface area contributed by atoms with Gasteiger partial charge in [0.1, 0.15) is 17.3 Å². The van der Waals surface area contributed by atoms with Gasteiger partial charge in [-0.3, -0.25) is 4.79 Å². The molecule has 0 N–H and O–H groups in total. The number of aryl methyl sites for hydroxylation is 1. The highest BCUT2D eigenvalue weighted by atomic mass is 19.1. The van der Waals surface area contributed by atoms with E-state index in [2.05, 4.69) is 9.88 Å². The molecule has 1 aromatic carbocycles. The minimum Gasteiger partial charge on any atom is -0.375 e. The second kappa shape index (κ2) is 8.24. The molecule has 3 heterocycles. The lowest BCUT2D eigenvalue weighted by Gasteiger charge is -2.30. The van der Waals surface area contributed by atoms with Gasteiger partial charge in [-0.15, -0.1) is 0 Å². The van der Waals surface area contributed by atoms with Gasteiger partial charge in [-0.25, -0.2) is 13.8 Å². The minimum atomic E-state index is -0.783. The van der Waals surface area contributed by atoms with Gasteiger partial charge in [0.15, 0.2) is 5.78 Å². The van der Waals surface area contributed by atoms with E-state index in [4.69, 9.17) is 4.74 Å². The Hall–Kier alpha value is -2.64. The summed E-state index contributed by atoms with van der Waals surface area (Å²) < 4.78 is 37.8. The van der Waals surface area contributed by atoms with Gasteiger partial charge < -0.3 is 14.0 Å². The third kappa shape index (κ3) is 3.87. The summed E-state index contributed by atoms with van der Waals surface area (Å²) >= 11 is 0. The van der Waals surface area contributed by atoms with Crippen LogP contribution in [0.5, 0.6) is 0 Å². The first-order valence-corrected chi connectivity index (χ1v) is 10.2. The van der Waals surface area contributed by atoms with Crippen molar-refractivity contribution in [1.82, 2.24) is 14.3 Å². The Morgan fingerprint density at radius 3 is 2.67 bits per heavy atom. The third-order valence-electron chi connectivity index (χ3n) is 5.57. The summed E-state index contributed by atoms with van der Waals surface area (Å²) in [5, 5.41) is 0. The number of benzene rings is 1. The number of ketones is 1. The van der Waals surface area contributed by atoms with Crippen LogP contribution in [0.15, 0.2) is 30.5 Å². The van der Waals surface area contributed by atoms with Crippen LogP contribution in [0, 0.1) is 18.6 Å². The summed E-state index contributed by atoms with van der Waals surface area (Å²) in [7, 11) is 2.02. The molecule has 3 aromatic rings. The Kier molecular flexibility index (Phi) is 5.66. The van der Waals surface area contributed by atoms with Crippen molar-refractivity contribution in [2.45, 2.75) is 32.8 Å². The number of morpholine rings is 1. The van der Waals surface area contributed by atoms with Crippen molar-refractivity contribution in [2.75, 3.05) is 26.7 Å². The van der Waals surface area contributed by atoms with Gasteiger partial charge in [-0.1, -0.05) is 6.92 Å². The molecule has 5 nitrogen and oxygen atoms in total. The number of ether oxygens (including phenoxy) is 1. The van der Waals surface area contributed by atoms with Crippen molar-refractivity contribution in [3.8, 4) is 11.3 Å². The molecule has 1 saturated heterocycles. The van der Waals surface area contributed by atoms with E-state index in [1.807, 2.05) is 36.7 Å². The van der Waals surface area contributed by atoms with Gasteiger partial charge in [-0.05, 0) is 43.8 Å². The number of Topliss-reactive ketones (excluding diaryl/α,β-unsaturated/α-hetero) is 1. The number of likely N-dealkylation sites (N-methyl/N-ethyl adjacent to an activating group) is 1. The number of halogens is 2. The van der Waals surface area contributed by atoms with E-state index >= 15 is 8.78 Å². The molecule has 0 saturated carbocycles. The number of pyridine rings is 1. The third-order valence-corrected chi connectivity index (χ3v) is 5.57. The lowest BCUT2D eigenvalue weighted by molar-refractivity contribution is -0.0190. The number of carbonyl (C=O) groups excluding carboxylic acids is 1. The molecule has 2 aromatic heterocycles. The van der Waals surface area contributed by atoms with Crippen molar-refractivity contribution in [3.05, 3.63) is 58.9 Å². The molecule has 0 radical (unpaired) electrons. The number of aromatic nitrogens is 2. The highest BCUT2D eigenvalue weighted by molar-refractivity contribution is 5.96. The minimum absolute atomic E-state index is 0.0367. The van der Waals surface area contributed by atoms with E-state index in [1.165, 1.54) is 0 Å². The van der Waals surface area contributed by atoms with Gasteiger partial charge in [0.25, 0.3) is 0 Å². The van der Waals surface area contributed by atoms with Crippen molar-refractivity contribution < 1.29 is 18.3 Å². The van der Waals surface area contributed by atoms with Crippen LogP contribution in [0.1, 0.15) is 35.0 Å². The van der Waals surface area contributed by atoms with Crippen LogP contribution < -0.4 is 0 Å². The van der Waals surface area contributed by atoms with Gasteiger partial charge in [0.05, 0.1) is 29.7 Å². The van der Waals surface area contributed by atoms with Crippen LogP contribution >= 0.6 is 0 Å². The summed E-state index contributed by atoms with van der Waals surface area (Å²) in [5.41, 5.74) is 2.40. The van der Waals surface area contributed by atoms with Gasteiger partial charge in [-0.2, -0.15) is 0 Å². The first-order chi connectivity index (χ1) is 14.4. The van der Waals surface area contributed by atoms with E-state index in [-0.39, 0.29) is 35.1 Å². The van der Waals surface area contributed by atoms with Crippen LogP contribution in [0.2, 0.25) is 0 Å². The molecule has 7 heteroatoms. The number of hydrogen-bond acceptors (Lipinski definition) is 4. The Balaban J connectivity index is 1.85. The molecule has 1 aliphatic rings. The van der Waals surface area contributed by atoms with Crippen molar-refractivity contribution in [3.63, 3.8) is 0 Å². The van der Waals surface area contributed by atoms with Gasteiger partial charge >= 0.3 is 0 Å². The van der Waals surface area contributed by atoms with Crippen molar-refractivity contribution >= 4 is 11.4 Å². The van der Waals surface area contributed by atoms with E-state index < -0.39 is 11.6 Å². The molecule has 1 aliphatic heterocycles. The Labute approximate surface area is 174 Å². The van der Waals surface area contributed by atoms with Crippen LogP contribution in [-0.2, 0) is 11.2 Å². The van der Waals surface area contributed by atoms with E-state index in [0.29, 0.717) is 24.4 Å². The molecule has 158 valence electrons. The zero-order valence-corrected chi connectivity index (χ0v) is 17.4. The standard InChI is InChI=1S/C23H25F2N3O2/c1-4-20(29)15-10-17(24)22(18(25)11-15)23-19(12-16-13-27(3)7-8-30-16)28-6-5-14(2)9-21(28)26-23/h5-6,9-11,16H,4,7-8,12-13H2,1-3H3. The smallest absolute Gasteiger partial charge is 0.162 e. The molecule has 0 spiro atoms. The predicted molar refractivity (Wildman–Crippen MR) is 111 cm³/mol. The molecule has 1 atom stereocenters. The van der Waals surface area contributed by atoms with Crippen molar-refractivity contribution in [1.29, 1.82) is 0 Å². The molecule has 30 heavy (non-hydrogen) atoms. The van der Waals surface area contributed by atoms with Crippen molar-refractivity contribution in [2.24, 2.45) is 0 Å². The number of carbonyl (C=O) groups is 1. The Bertz CT molecular complexity index is 1090. The maximum Gasteiger partial charge on any atom is 0.162 e. The molecule has 4 rings (SSSR count). The first kappa shape index (κ1) is 20.6. The number of imidazole rings is 1. The topological polar surface area (TPSA) is 46.8 Å². The lowest BCUT2D eigenvalue weighted by Crippen LogP contribution is -2.41. The van der Waals surface area contributed by atoms with E-state index in [0.717, 1.165) is 30.8 Å². The van der Waals surface area contributed by atoms with Crippen LogP contribution in [0.3, 0.4) is 0 Å². The van der Waals surface area contributed by atoms with Crippen LogP contribution in [-0.4, -0.2) is 52.9 Å². The molecule has 0 amide bonds. The summed E-state index contributed by atoms with van der Waals surface area (Å²) in [6, 6.07) is 6.03. The molecular formula is C23H25F2N3O2. The number of hydrogen-bond donors (Lipinski definition) is 0. The average molecular weight is 413 g/mol. The van der Waals surface area contributed by atoms with Gasteiger partial charge in [0, 0.05) is 37.7 Å². The number of nitrogens with zero attached hydrogens (tertiary/aromatic N) is 3. The second-order valence-corrected chi connectivity index (χ2v) is 7.89. The quantitative estimate of drug-likeness (QED) is 0.592. The zero-order valence-electron chi connectivity index (χ0n) is 17.4. The summed E-state index contributed by atoms with van der Waals surface area (Å²) in [6.07, 6.45) is 2.42. The molecule has 1 fully saturated rings. The fraction of sp³-hybridized carbons (Fsp3) is 0.391. The van der Waals surface area contributed by atoms with Crippen LogP contribution in [0.25, 0.3) is 16.9 Å². The molecule has 0 bridgehead atoms. The number of fused-ring (bicyclic) bond motifs is 1. The normalized spacial score (nSPS) is 17.6. The SMILES string of the molecule is CCC(=O)c1cc(F)c(-c2nc3cc(C)ccn3c2CC2CN(C)CCO2)c(F)c1. The Morgan fingerprint density at radius 1 is 1.27 bits per heavy atom. The summed E-state index contributed by atoms with van der Waals surface area (Å²) in [5.74, 6) is -1.87. The maximum absolute atomic E-state index is 15.0. The van der Waals surface area contributed by atoms with E-state index in [1.54, 1.807) is 6.92 Å². The molecule has 0 aliphatic carbocycles. The number of rotatable bonds is 5. The fourth-order valence-electron chi connectivity index (χ4n) is 3.96. The predicted octanol–water partition coefficient (Wildman–Crippen LogP) is 4.05. The first-order valence-electron chi connectivity index (χ1n) is 10.2. The highest BCUT2D eigenvalue weighted by Crippen LogP contribution is 2.32. The highest BCUT2D eigenvalue weighted by Gasteiger charge is 2.26. The lowest BCUT2D eigenvalue weighted by atomic mass is 10.0. The fourth-order valence-corrected chi connectivity index (χ4v) is 3.96. The largest absolute Gasteiger partial charge is 0.375 e. The maximum atomic E-state index is 15.0.